The summed E-state index contributed by atoms with van der Waals surface area (Å²) in [5.41, 5.74) is 5.66. The summed E-state index contributed by atoms with van der Waals surface area (Å²) in [5, 5.41) is 10.7. The Morgan fingerprint density at radius 3 is 1.91 bits per heavy atom. The van der Waals surface area contributed by atoms with E-state index in [9.17, 15) is 9.90 Å². The van der Waals surface area contributed by atoms with Gasteiger partial charge >= 0.3 is 0 Å². The first-order chi connectivity index (χ1) is 16.3. The highest BCUT2D eigenvalue weighted by molar-refractivity contribution is 7.99. The second-order valence-electron chi connectivity index (χ2n) is 8.42. The molecule has 0 radical (unpaired) electrons. The van der Waals surface area contributed by atoms with Gasteiger partial charge in [0, 0.05) is 21.9 Å². The van der Waals surface area contributed by atoms with Gasteiger partial charge < -0.3 is 9.52 Å². The van der Waals surface area contributed by atoms with Gasteiger partial charge in [-0.15, -0.1) is 0 Å². The predicted molar refractivity (Wildman–Crippen MR) is 139 cm³/mol. The molecule has 2 aliphatic rings. The molecule has 1 heterocycles. The van der Waals surface area contributed by atoms with Crippen molar-refractivity contribution in [3.63, 3.8) is 0 Å². The summed E-state index contributed by atoms with van der Waals surface area (Å²) in [7, 11) is 0. The summed E-state index contributed by atoms with van der Waals surface area (Å²) in [5.74, 6) is 0.548. The SMILES string of the molecule is Cc1ccc(Sc2c(O)cc3oc4cc(=O)c(Sc5ccc(C)cc5)c(C)c-4nc3c2C)cc1. The minimum absolute atomic E-state index is 0.104. The monoisotopic (exact) mass is 485 g/mol. The summed E-state index contributed by atoms with van der Waals surface area (Å²) in [6, 6.07) is 19.4. The van der Waals surface area contributed by atoms with E-state index < -0.39 is 0 Å². The molecule has 3 aromatic carbocycles. The first-order valence-corrected chi connectivity index (χ1v) is 12.5. The Labute approximate surface area is 206 Å². The maximum Gasteiger partial charge on any atom is 0.196 e. The van der Waals surface area contributed by atoms with Crippen LogP contribution in [0.1, 0.15) is 22.3 Å². The second-order valence-corrected chi connectivity index (χ2v) is 10.6. The zero-order valence-corrected chi connectivity index (χ0v) is 20.9. The molecule has 5 rings (SSSR count). The Morgan fingerprint density at radius 2 is 1.32 bits per heavy atom. The van der Waals surface area contributed by atoms with E-state index in [2.05, 4.69) is 0 Å². The van der Waals surface area contributed by atoms with Crippen molar-refractivity contribution in [2.24, 2.45) is 0 Å². The predicted octanol–water partition coefficient (Wildman–Crippen LogP) is 7.53. The maximum atomic E-state index is 12.9. The van der Waals surface area contributed by atoms with Gasteiger partial charge in [-0.1, -0.05) is 58.9 Å². The van der Waals surface area contributed by atoms with Gasteiger partial charge in [0.15, 0.2) is 16.8 Å². The summed E-state index contributed by atoms with van der Waals surface area (Å²) < 4.78 is 6.07. The van der Waals surface area contributed by atoms with Crippen molar-refractivity contribution in [2.45, 2.75) is 47.3 Å². The van der Waals surface area contributed by atoms with Crippen molar-refractivity contribution in [3.8, 4) is 17.2 Å². The molecule has 0 unspecified atom stereocenters. The van der Waals surface area contributed by atoms with Crippen LogP contribution in [0.5, 0.6) is 5.75 Å². The van der Waals surface area contributed by atoms with Crippen molar-refractivity contribution < 1.29 is 9.52 Å². The van der Waals surface area contributed by atoms with Crippen LogP contribution >= 0.6 is 23.5 Å². The number of hydrogen-bond acceptors (Lipinski definition) is 6. The van der Waals surface area contributed by atoms with Gasteiger partial charge in [-0.2, -0.15) is 0 Å². The molecule has 1 aliphatic carbocycles. The van der Waals surface area contributed by atoms with Gasteiger partial charge in [0.2, 0.25) is 0 Å². The number of aromatic nitrogens is 1. The van der Waals surface area contributed by atoms with Crippen LogP contribution in [0.3, 0.4) is 0 Å². The van der Waals surface area contributed by atoms with E-state index in [4.69, 9.17) is 9.40 Å². The summed E-state index contributed by atoms with van der Waals surface area (Å²) >= 11 is 2.94. The van der Waals surface area contributed by atoms with Crippen molar-refractivity contribution >= 4 is 34.6 Å². The van der Waals surface area contributed by atoms with E-state index in [1.807, 2.05) is 76.2 Å². The lowest BCUT2D eigenvalue weighted by Crippen LogP contribution is -2.09. The Bertz CT molecular complexity index is 1560. The van der Waals surface area contributed by atoms with Crippen LogP contribution in [0, 0.1) is 27.7 Å². The summed E-state index contributed by atoms with van der Waals surface area (Å²) in [4.78, 5) is 21.3. The molecule has 3 aromatic rings. The third-order valence-electron chi connectivity index (χ3n) is 5.77. The molecule has 0 aromatic heterocycles. The minimum atomic E-state index is -0.104. The molecule has 1 N–H and O–H groups in total. The van der Waals surface area contributed by atoms with Gasteiger partial charge in [-0.3, -0.25) is 4.79 Å². The van der Waals surface area contributed by atoms with Crippen molar-refractivity contribution in [2.75, 3.05) is 0 Å². The summed E-state index contributed by atoms with van der Waals surface area (Å²) in [6.07, 6.45) is 0. The molecule has 170 valence electrons. The molecule has 1 aliphatic heterocycles. The minimum Gasteiger partial charge on any atom is -0.507 e. The smallest absolute Gasteiger partial charge is 0.196 e. The number of aryl methyl sites for hydroxylation is 3. The van der Waals surface area contributed by atoms with Crippen molar-refractivity contribution in [1.29, 1.82) is 0 Å². The number of nitrogens with zero attached hydrogens (tertiary/aromatic N) is 1. The number of aromatic hydroxyl groups is 1. The lowest BCUT2D eigenvalue weighted by atomic mass is 10.1. The summed E-state index contributed by atoms with van der Waals surface area (Å²) in [6.45, 7) is 7.93. The molecule has 0 atom stereocenters. The zero-order valence-electron chi connectivity index (χ0n) is 19.3. The molecule has 0 saturated heterocycles. The highest BCUT2D eigenvalue weighted by Gasteiger charge is 2.21. The van der Waals surface area contributed by atoms with Gasteiger partial charge in [0.1, 0.15) is 17.0 Å². The van der Waals surface area contributed by atoms with Crippen molar-refractivity contribution in [1.82, 2.24) is 4.98 Å². The average molecular weight is 486 g/mol. The number of phenolic OH excluding ortho intramolecular Hbond substituents is 1. The molecule has 0 saturated carbocycles. The molecule has 0 fully saturated rings. The van der Waals surface area contributed by atoms with Crippen LogP contribution in [-0.2, 0) is 0 Å². The first-order valence-electron chi connectivity index (χ1n) is 10.9. The average Bonchev–Trinajstić information content (AvgIpc) is 2.81. The molecular formula is C28H23NO3S2. The fraction of sp³-hybridized carbons (Fsp3) is 0.143. The molecule has 6 heteroatoms. The molecule has 4 nitrogen and oxygen atoms in total. The van der Waals surface area contributed by atoms with E-state index >= 15 is 0 Å². The Balaban J connectivity index is 1.64. The Kier molecular flexibility index (Phi) is 5.88. The third kappa shape index (κ3) is 4.19. The van der Waals surface area contributed by atoms with Crippen LogP contribution < -0.4 is 5.43 Å². The topological polar surface area (TPSA) is 63.3 Å². The van der Waals surface area contributed by atoms with E-state index in [1.54, 1.807) is 6.07 Å². The van der Waals surface area contributed by atoms with Crippen LogP contribution in [-0.4, -0.2) is 10.1 Å². The maximum absolute atomic E-state index is 12.9. The lowest BCUT2D eigenvalue weighted by Gasteiger charge is -2.15. The normalized spacial score (nSPS) is 11.4. The Hall–Kier alpha value is -3.22. The van der Waals surface area contributed by atoms with Crippen LogP contribution in [0.2, 0.25) is 0 Å². The quantitative estimate of drug-likeness (QED) is 0.265. The van der Waals surface area contributed by atoms with Gasteiger partial charge in [0.05, 0.1) is 9.79 Å². The van der Waals surface area contributed by atoms with Crippen LogP contribution in [0.25, 0.3) is 22.6 Å². The van der Waals surface area contributed by atoms with E-state index in [0.717, 1.165) is 25.8 Å². The highest BCUT2D eigenvalue weighted by Crippen LogP contribution is 2.42. The largest absolute Gasteiger partial charge is 0.507 e. The zero-order chi connectivity index (χ0) is 24.0. The van der Waals surface area contributed by atoms with Crippen LogP contribution in [0.4, 0.5) is 0 Å². The van der Waals surface area contributed by atoms with Gasteiger partial charge in [0.25, 0.3) is 0 Å². The second kappa shape index (κ2) is 8.85. The van der Waals surface area contributed by atoms with Crippen molar-refractivity contribution in [3.05, 3.63) is 93.1 Å². The van der Waals surface area contributed by atoms with Gasteiger partial charge in [-0.05, 0) is 63.1 Å². The number of fused-ring (bicyclic) bond motifs is 2. The molecule has 0 amide bonds. The lowest BCUT2D eigenvalue weighted by molar-refractivity contribution is 0.460. The molecule has 0 bridgehead atoms. The van der Waals surface area contributed by atoms with E-state index in [1.165, 1.54) is 40.7 Å². The number of hydrogen-bond donors (Lipinski definition) is 1. The first kappa shape index (κ1) is 22.6. The number of rotatable bonds is 4. The van der Waals surface area contributed by atoms with E-state index in [-0.39, 0.29) is 11.2 Å². The molecule has 34 heavy (non-hydrogen) atoms. The fourth-order valence-corrected chi connectivity index (χ4v) is 5.68. The fourth-order valence-electron chi connectivity index (χ4n) is 3.84. The molecule has 0 spiro atoms. The highest BCUT2D eigenvalue weighted by atomic mass is 32.2. The standard InChI is InChI=1S/C28H23NO3S2/c1-15-5-9-19(10-6-15)33-27-17(3)25-23(13-21(27)30)32-24-14-22(31)28(18(4)26(24)29-25)34-20-11-7-16(2)8-12-20/h5-14,30H,1-4H3. The number of benzene rings is 4. The molecular weight excluding hydrogens is 462 g/mol. The van der Waals surface area contributed by atoms with Gasteiger partial charge in [-0.25, -0.2) is 4.98 Å². The van der Waals surface area contributed by atoms with Crippen LogP contribution in [0.15, 0.2) is 89.5 Å². The third-order valence-corrected chi connectivity index (χ3v) is 8.22. The van der Waals surface area contributed by atoms with E-state index in [0.29, 0.717) is 27.4 Å². The number of phenols is 1. The Morgan fingerprint density at radius 1 is 0.765 bits per heavy atom.